The molecule has 0 nitrogen and oxygen atoms in total. The molecule has 0 bridgehead atoms. The van der Waals surface area contributed by atoms with Crippen LogP contribution in [0.15, 0.2) is 23.6 Å². The van der Waals surface area contributed by atoms with E-state index in [1.54, 1.807) is 0 Å². The highest BCUT2D eigenvalue weighted by Gasteiger charge is 2.03. The summed E-state index contributed by atoms with van der Waals surface area (Å²) < 4.78 is 0. The lowest BCUT2D eigenvalue weighted by Gasteiger charge is -1.88. The Morgan fingerprint density at radius 2 is 2.08 bits per heavy atom. The van der Waals surface area contributed by atoms with Crippen LogP contribution in [0.5, 0.6) is 0 Å². The van der Waals surface area contributed by atoms with Crippen molar-refractivity contribution in [2.75, 3.05) is 0 Å². The Hall–Kier alpha value is -0.600. The van der Waals surface area contributed by atoms with E-state index in [1.165, 1.54) is 20.2 Å². The van der Waals surface area contributed by atoms with E-state index in [0.717, 1.165) is 6.42 Å². The van der Waals surface area contributed by atoms with Crippen LogP contribution in [0.2, 0.25) is 0 Å². The summed E-state index contributed by atoms with van der Waals surface area (Å²) in [5, 5.41) is 2.21. The molecule has 0 N–H and O–H groups in total. The molecule has 2 heterocycles. The van der Waals surface area contributed by atoms with E-state index in [-0.39, 0.29) is 0 Å². The van der Waals surface area contributed by atoms with Crippen molar-refractivity contribution < 1.29 is 0 Å². The van der Waals surface area contributed by atoms with Crippen LogP contribution in [0, 0.1) is 6.92 Å². The number of aryl methyl sites for hydroxylation is 2. The highest BCUT2D eigenvalue weighted by Crippen LogP contribution is 2.32. The summed E-state index contributed by atoms with van der Waals surface area (Å²) in [6, 6.07) is 6.72. The van der Waals surface area contributed by atoms with Crippen LogP contribution in [0.3, 0.4) is 0 Å². The summed E-state index contributed by atoms with van der Waals surface area (Å²) in [5.74, 6) is 0. The fourth-order valence-electron chi connectivity index (χ4n) is 1.26. The molecule has 0 saturated heterocycles. The van der Waals surface area contributed by atoms with Crippen molar-refractivity contribution in [3.8, 4) is 9.75 Å². The Morgan fingerprint density at radius 3 is 2.62 bits per heavy atom. The average molecular weight is 208 g/mol. The van der Waals surface area contributed by atoms with Gasteiger partial charge in [0.2, 0.25) is 0 Å². The Kier molecular flexibility index (Phi) is 2.51. The van der Waals surface area contributed by atoms with Crippen molar-refractivity contribution >= 4 is 22.7 Å². The summed E-state index contributed by atoms with van der Waals surface area (Å²) in [5.41, 5.74) is 1.37. The van der Waals surface area contributed by atoms with Crippen LogP contribution in [0.25, 0.3) is 9.75 Å². The van der Waals surface area contributed by atoms with Gasteiger partial charge in [-0.1, -0.05) is 6.92 Å². The zero-order valence-electron chi connectivity index (χ0n) is 7.83. The van der Waals surface area contributed by atoms with Gasteiger partial charge in [0.25, 0.3) is 0 Å². The fraction of sp³-hybridized carbons (Fsp3) is 0.273. The predicted molar refractivity (Wildman–Crippen MR) is 61.7 cm³/mol. The summed E-state index contributed by atoms with van der Waals surface area (Å²) in [7, 11) is 0. The molecule has 0 aliphatic rings. The number of thiophene rings is 2. The van der Waals surface area contributed by atoms with E-state index >= 15 is 0 Å². The lowest BCUT2D eigenvalue weighted by molar-refractivity contribution is 1.19. The van der Waals surface area contributed by atoms with E-state index in [0.29, 0.717) is 0 Å². The molecule has 2 heteroatoms. The lowest BCUT2D eigenvalue weighted by atomic mass is 10.3. The third-order valence-corrected chi connectivity index (χ3v) is 4.46. The van der Waals surface area contributed by atoms with E-state index in [1.807, 2.05) is 22.7 Å². The van der Waals surface area contributed by atoms with Gasteiger partial charge in [-0.15, -0.1) is 22.7 Å². The monoisotopic (exact) mass is 208 g/mol. The van der Waals surface area contributed by atoms with Gasteiger partial charge >= 0.3 is 0 Å². The maximum atomic E-state index is 2.26. The molecule has 0 saturated carbocycles. The summed E-state index contributed by atoms with van der Waals surface area (Å²) in [6.07, 6.45) is 1.15. The highest BCUT2D eigenvalue weighted by molar-refractivity contribution is 7.21. The van der Waals surface area contributed by atoms with Crippen molar-refractivity contribution in [3.05, 3.63) is 34.0 Å². The SMILES string of the molecule is CCc1ccc(-c2cc(C)cs2)s1. The highest BCUT2D eigenvalue weighted by atomic mass is 32.1. The van der Waals surface area contributed by atoms with Crippen molar-refractivity contribution in [2.45, 2.75) is 20.3 Å². The topological polar surface area (TPSA) is 0 Å². The van der Waals surface area contributed by atoms with Gasteiger partial charge in [-0.3, -0.25) is 0 Å². The second kappa shape index (κ2) is 3.64. The van der Waals surface area contributed by atoms with Crippen LogP contribution in [-0.4, -0.2) is 0 Å². The number of hydrogen-bond donors (Lipinski definition) is 0. The van der Waals surface area contributed by atoms with Gasteiger partial charge in [-0.25, -0.2) is 0 Å². The molecule has 2 aromatic rings. The van der Waals surface area contributed by atoms with Gasteiger partial charge in [0.05, 0.1) is 0 Å². The maximum absolute atomic E-state index is 2.26. The van der Waals surface area contributed by atoms with Crippen molar-refractivity contribution in [2.24, 2.45) is 0 Å². The first-order chi connectivity index (χ1) is 6.29. The predicted octanol–water partition coefficient (Wildman–Crippen LogP) is 4.35. The molecular weight excluding hydrogens is 196 g/mol. The van der Waals surface area contributed by atoms with Gasteiger partial charge in [0.1, 0.15) is 0 Å². The normalized spacial score (nSPS) is 10.6. The van der Waals surface area contributed by atoms with Gasteiger partial charge in [0, 0.05) is 14.6 Å². The Bertz CT molecular complexity index is 396. The molecule has 2 aromatic heterocycles. The van der Waals surface area contributed by atoms with Gasteiger partial charge in [-0.2, -0.15) is 0 Å². The molecule has 0 radical (unpaired) electrons. The molecule has 0 aliphatic heterocycles. The Balaban J connectivity index is 2.35. The minimum absolute atomic E-state index is 1.15. The molecule has 0 aliphatic carbocycles. The smallest absolute Gasteiger partial charge is 0.0445 e. The van der Waals surface area contributed by atoms with E-state index in [4.69, 9.17) is 0 Å². The van der Waals surface area contributed by atoms with Gasteiger partial charge in [0.15, 0.2) is 0 Å². The van der Waals surface area contributed by atoms with Gasteiger partial charge in [-0.05, 0) is 42.5 Å². The number of hydrogen-bond acceptors (Lipinski definition) is 2. The van der Waals surface area contributed by atoms with E-state index in [2.05, 4.69) is 37.4 Å². The second-order valence-electron chi connectivity index (χ2n) is 3.11. The molecule has 68 valence electrons. The molecule has 0 spiro atoms. The first-order valence-corrected chi connectivity index (χ1v) is 6.13. The maximum Gasteiger partial charge on any atom is 0.0445 e. The van der Waals surface area contributed by atoms with Crippen LogP contribution in [0.4, 0.5) is 0 Å². The van der Waals surface area contributed by atoms with E-state index < -0.39 is 0 Å². The molecule has 0 atom stereocenters. The quantitative estimate of drug-likeness (QED) is 0.688. The van der Waals surface area contributed by atoms with E-state index in [9.17, 15) is 0 Å². The first-order valence-electron chi connectivity index (χ1n) is 4.44. The molecule has 0 fully saturated rings. The zero-order valence-corrected chi connectivity index (χ0v) is 9.47. The van der Waals surface area contributed by atoms with Crippen LogP contribution in [-0.2, 0) is 6.42 Å². The third-order valence-electron chi connectivity index (χ3n) is 1.98. The minimum Gasteiger partial charge on any atom is -0.143 e. The minimum atomic E-state index is 1.15. The van der Waals surface area contributed by atoms with Crippen molar-refractivity contribution in [1.82, 2.24) is 0 Å². The molecule has 2 rings (SSSR count). The molecule has 0 amide bonds. The number of rotatable bonds is 2. The average Bonchev–Trinajstić information content (AvgIpc) is 2.71. The molecular formula is C11H12S2. The standard InChI is InChI=1S/C11H12S2/c1-3-9-4-5-10(13-9)11-6-8(2)7-12-11/h4-7H,3H2,1-2H3. The molecule has 0 aromatic carbocycles. The largest absolute Gasteiger partial charge is 0.143 e. The van der Waals surface area contributed by atoms with Crippen molar-refractivity contribution in [3.63, 3.8) is 0 Å². The summed E-state index contributed by atoms with van der Waals surface area (Å²) in [6.45, 7) is 4.35. The summed E-state index contributed by atoms with van der Waals surface area (Å²) in [4.78, 5) is 4.29. The zero-order chi connectivity index (χ0) is 9.26. The Labute approximate surface area is 86.9 Å². The summed E-state index contributed by atoms with van der Waals surface area (Å²) >= 11 is 3.75. The Morgan fingerprint density at radius 1 is 1.23 bits per heavy atom. The third kappa shape index (κ3) is 1.84. The van der Waals surface area contributed by atoms with Crippen molar-refractivity contribution in [1.29, 1.82) is 0 Å². The molecule has 0 unspecified atom stereocenters. The molecule has 13 heavy (non-hydrogen) atoms. The van der Waals surface area contributed by atoms with Gasteiger partial charge < -0.3 is 0 Å². The van der Waals surface area contributed by atoms with Crippen LogP contribution in [0.1, 0.15) is 17.4 Å². The van der Waals surface area contributed by atoms with Crippen LogP contribution >= 0.6 is 22.7 Å². The first kappa shape index (κ1) is 8.97. The van der Waals surface area contributed by atoms with Crippen LogP contribution < -0.4 is 0 Å². The lowest BCUT2D eigenvalue weighted by Crippen LogP contribution is -1.64. The fourth-order valence-corrected chi connectivity index (χ4v) is 3.21. The second-order valence-corrected chi connectivity index (χ2v) is 5.19.